The number of halogens is 1. The van der Waals surface area contributed by atoms with Gasteiger partial charge in [0.2, 0.25) is 0 Å². The summed E-state index contributed by atoms with van der Waals surface area (Å²) in [7, 11) is 1.98. The van der Waals surface area contributed by atoms with E-state index in [2.05, 4.69) is 24.1 Å². The Morgan fingerprint density at radius 3 is 2.75 bits per heavy atom. The summed E-state index contributed by atoms with van der Waals surface area (Å²) >= 11 is 0. The molecule has 0 atom stereocenters. The van der Waals surface area contributed by atoms with E-state index in [-0.39, 0.29) is 5.82 Å². The molecule has 0 spiro atoms. The van der Waals surface area contributed by atoms with Gasteiger partial charge in [-0.15, -0.1) is 0 Å². The Bertz CT molecular complexity index is 537. The van der Waals surface area contributed by atoms with E-state index in [4.69, 9.17) is 4.42 Å². The van der Waals surface area contributed by atoms with Gasteiger partial charge in [-0.05, 0) is 35.9 Å². The van der Waals surface area contributed by atoms with E-state index < -0.39 is 0 Å². The van der Waals surface area contributed by atoms with E-state index in [1.165, 1.54) is 6.07 Å². The van der Waals surface area contributed by atoms with Crippen LogP contribution in [0, 0.1) is 5.82 Å². The predicted octanol–water partition coefficient (Wildman–Crippen LogP) is 3.55. The van der Waals surface area contributed by atoms with Crippen molar-refractivity contribution >= 4 is 5.69 Å². The van der Waals surface area contributed by atoms with E-state index in [1.54, 1.807) is 12.3 Å². The average Bonchev–Trinajstić information content (AvgIpc) is 2.89. The van der Waals surface area contributed by atoms with Crippen LogP contribution in [-0.2, 0) is 13.1 Å². The molecule has 0 aliphatic rings. The van der Waals surface area contributed by atoms with E-state index in [0.29, 0.717) is 19.1 Å². The Morgan fingerprint density at radius 1 is 1.30 bits per heavy atom. The Labute approximate surface area is 119 Å². The fraction of sp³-hybridized carbons (Fsp3) is 0.375. The third-order valence-corrected chi connectivity index (χ3v) is 3.13. The molecule has 108 valence electrons. The molecule has 0 unspecified atom stereocenters. The van der Waals surface area contributed by atoms with Crippen molar-refractivity contribution in [1.82, 2.24) is 5.32 Å². The second-order valence-electron chi connectivity index (χ2n) is 5.24. The smallest absolute Gasteiger partial charge is 0.123 e. The third-order valence-electron chi connectivity index (χ3n) is 3.13. The summed E-state index contributed by atoms with van der Waals surface area (Å²) in [6.45, 7) is 5.46. The van der Waals surface area contributed by atoms with Gasteiger partial charge in [0, 0.05) is 25.3 Å². The van der Waals surface area contributed by atoms with Crippen LogP contribution < -0.4 is 10.2 Å². The van der Waals surface area contributed by atoms with E-state index >= 15 is 0 Å². The second-order valence-corrected chi connectivity index (χ2v) is 5.24. The summed E-state index contributed by atoms with van der Waals surface area (Å²) in [4.78, 5) is 2.07. The van der Waals surface area contributed by atoms with Gasteiger partial charge in [-0.3, -0.25) is 0 Å². The number of anilines is 1. The quantitative estimate of drug-likeness (QED) is 0.874. The lowest BCUT2D eigenvalue weighted by Crippen LogP contribution is -2.24. The molecule has 0 bridgehead atoms. The molecule has 0 amide bonds. The summed E-state index contributed by atoms with van der Waals surface area (Å²) in [5.74, 6) is 0.681. The molecular formula is C16H21FN2O. The first-order valence-corrected chi connectivity index (χ1v) is 6.81. The molecule has 1 heterocycles. The van der Waals surface area contributed by atoms with Gasteiger partial charge in [0.15, 0.2) is 0 Å². The molecule has 0 saturated heterocycles. The van der Waals surface area contributed by atoms with Crippen LogP contribution >= 0.6 is 0 Å². The van der Waals surface area contributed by atoms with Crippen LogP contribution in [0.4, 0.5) is 10.1 Å². The number of benzene rings is 1. The molecule has 1 aromatic carbocycles. The highest BCUT2D eigenvalue weighted by Gasteiger charge is 2.10. The number of hydrogen-bond donors (Lipinski definition) is 1. The highest BCUT2D eigenvalue weighted by molar-refractivity contribution is 5.53. The van der Waals surface area contributed by atoms with Gasteiger partial charge in [-0.2, -0.15) is 0 Å². The molecule has 20 heavy (non-hydrogen) atoms. The number of furan rings is 1. The summed E-state index contributed by atoms with van der Waals surface area (Å²) in [6, 6.07) is 9.06. The normalized spacial score (nSPS) is 11.1. The number of hydrogen-bond acceptors (Lipinski definition) is 3. The maximum absolute atomic E-state index is 13.4. The maximum Gasteiger partial charge on any atom is 0.123 e. The first kappa shape index (κ1) is 14.6. The Kier molecular flexibility index (Phi) is 4.79. The minimum atomic E-state index is -0.208. The first-order valence-electron chi connectivity index (χ1n) is 6.81. The van der Waals surface area contributed by atoms with Crippen molar-refractivity contribution < 1.29 is 8.81 Å². The molecule has 0 radical (unpaired) electrons. The van der Waals surface area contributed by atoms with Crippen molar-refractivity contribution in [2.24, 2.45) is 0 Å². The van der Waals surface area contributed by atoms with Gasteiger partial charge < -0.3 is 14.6 Å². The molecule has 4 heteroatoms. The fourth-order valence-electron chi connectivity index (χ4n) is 2.10. The zero-order chi connectivity index (χ0) is 14.5. The largest absolute Gasteiger partial charge is 0.467 e. The fourth-order valence-corrected chi connectivity index (χ4v) is 2.10. The molecule has 3 nitrogen and oxygen atoms in total. The summed E-state index contributed by atoms with van der Waals surface area (Å²) in [5, 5.41) is 3.33. The van der Waals surface area contributed by atoms with Crippen LogP contribution in [0.2, 0.25) is 0 Å². The molecule has 0 fully saturated rings. The third kappa shape index (κ3) is 3.84. The highest BCUT2D eigenvalue weighted by atomic mass is 19.1. The predicted molar refractivity (Wildman–Crippen MR) is 79.2 cm³/mol. The van der Waals surface area contributed by atoms with Gasteiger partial charge in [0.1, 0.15) is 11.6 Å². The minimum Gasteiger partial charge on any atom is -0.467 e. The molecule has 2 aromatic rings. The molecule has 0 aliphatic carbocycles. The Hall–Kier alpha value is -1.81. The summed E-state index contributed by atoms with van der Waals surface area (Å²) in [5.41, 5.74) is 1.96. The van der Waals surface area contributed by atoms with E-state index in [9.17, 15) is 4.39 Å². The molecule has 0 saturated carbocycles. The standard InChI is InChI=1S/C16H21FN2O/c1-12(2)18-10-13-9-14(17)6-7-16(13)19(3)11-15-5-4-8-20-15/h4-9,12,18H,10-11H2,1-3H3. The van der Waals surface area contributed by atoms with Crippen molar-refractivity contribution in [2.75, 3.05) is 11.9 Å². The van der Waals surface area contributed by atoms with Crippen LogP contribution in [0.1, 0.15) is 25.2 Å². The highest BCUT2D eigenvalue weighted by Crippen LogP contribution is 2.22. The zero-order valence-electron chi connectivity index (χ0n) is 12.2. The van der Waals surface area contributed by atoms with Crippen molar-refractivity contribution in [3.05, 3.63) is 53.7 Å². The minimum absolute atomic E-state index is 0.208. The van der Waals surface area contributed by atoms with Crippen LogP contribution in [0.3, 0.4) is 0 Å². The van der Waals surface area contributed by atoms with Crippen molar-refractivity contribution in [1.29, 1.82) is 0 Å². The Morgan fingerprint density at radius 2 is 2.10 bits per heavy atom. The van der Waals surface area contributed by atoms with Crippen LogP contribution in [-0.4, -0.2) is 13.1 Å². The van der Waals surface area contributed by atoms with Crippen molar-refractivity contribution in [2.45, 2.75) is 33.0 Å². The topological polar surface area (TPSA) is 28.4 Å². The van der Waals surface area contributed by atoms with Gasteiger partial charge in [-0.25, -0.2) is 4.39 Å². The zero-order valence-corrected chi connectivity index (χ0v) is 12.2. The molecular weight excluding hydrogens is 255 g/mol. The average molecular weight is 276 g/mol. The number of nitrogens with zero attached hydrogens (tertiary/aromatic N) is 1. The maximum atomic E-state index is 13.4. The SMILES string of the molecule is CC(C)NCc1cc(F)ccc1N(C)Cc1ccco1. The van der Waals surface area contributed by atoms with Gasteiger partial charge in [0.05, 0.1) is 12.8 Å². The molecule has 1 N–H and O–H groups in total. The summed E-state index contributed by atoms with van der Waals surface area (Å²) in [6.07, 6.45) is 1.66. The lowest BCUT2D eigenvalue weighted by atomic mass is 10.1. The monoisotopic (exact) mass is 276 g/mol. The van der Waals surface area contributed by atoms with Crippen LogP contribution in [0.25, 0.3) is 0 Å². The molecule has 0 aliphatic heterocycles. The second kappa shape index (κ2) is 6.57. The molecule has 2 rings (SSSR count). The van der Waals surface area contributed by atoms with Gasteiger partial charge >= 0.3 is 0 Å². The van der Waals surface area contributed by atoms with Crippen molar-refractivity contribution in [3.8, 4) is 0 Å². The van der Waals surface area contributed by atoms with Crippen LogP contribution in [0.5, 0.6) is 0 Å². The number of nitrogens with one attached hydrogen (secondary N) is 1. The number of rotatable bonds is 6. The van der Waals surface area contributed by atoms with Crippen LogP contribution in [0.15, 0.2) is 41.0 Å². The first-order chi connectivity index (χ1) is 9.56. The summed E-state index contributed by atoms with van der Waals surface area (Å²) < 4.78 is 18.8. The van der Waals surface area contributed by atoms with Gasteiger partial charge in [0.25, 0.3) is 0 Å². The Balaban J connectivity index is 2.16. The van der Waals surface area contributed by atoms with E-state index in [0.717, 1.165) is 17.0 Å². The van der Waals surface area contributed by atoms with E-state index in [1.807, 2.05) is 25.2 Å². The molecule has 1 aromatic heterocycles. The lowest BCUT2D eigenvalue weighted by molar-refractivity contribution is 0.507. The van der Waals surface area contributed by atoms with Gasteiger partial charge in [-0.1, -0.05) is 13.8 Å². The lowest BCUT2D eigenvalue weighted by Gasteiger charge is -2.22. The van der Waals surface area contributed by atoms with Crippen molar-refractivity contribution in [3.63, 3.8) is 0 Å².